The Morgan fingerprint density at radius 1 is 1.37 bits per heavy atom. The number of esters is 1. The molecule has 0 saturated carbocycles. The lowest BCUT2D eigenvalue weighted by molar-refractivity contribution is -0.121. The van der Waals surface area contributed by atoms with Crippen LogP contribution >= 0.6 is 11.3 Å². The summed E-state index contributed by atoms with van der Waals surface area (Å²) in [6.07, 6.45) is 1.27. The van der Waals surface area contributed by atoms with Gasteiger partial charge in [-0.25, -0.2) is 9.78 Å². The third-order valence-corrected chi connectivity index (χ3v) is 5.39. The number of hydrogen-bond acceptors (Lipinski definition) is 6. The maximum atomic E-state index is 12.2. The maximum Gasteiger partial charge on any atom is 0.350 e. The first kappa shape index (κ1) is 19.0. The molecule has 1 aromatic heterocycles. The minimum absolute atomic E-state index is 0.0591. The summed E-state index contributed by atoms with van der Waals surface area (Å²) in [5, 5.41) is 5.95. The van der Waals surface area contributed by atoms with E-state index < -0.39 is 5.97 Å². The van der Waals surface area contributed by atoms with Crippen molar-refractivity contribution < 1.29 is 19.1 Å². The van der Waals surface area contributed by atoms with Gasteiger partial charge in [-0.15, -0.1) is 0 Å². The number of rotatable bonds is 6. The van der Waals surface area contributed by atoms with E-state index in [9.17, 15) is 14.4 Å². The Hall–Kier alpha value is -2.74. The summed E-state index contributed by atoms with van der Waals surface area (Å²) in [7, 11) is 0. The van der Waals surface area contributed by atoms with Crippen molar-refractivity contribution in [2.45, 2.75) is 33.1 Å². The van der Waals surface area contributed by atoms with Crippen LogP contribution in [0.1, 0.15) is 40.7 Å². The molecule has 27 heavy (non-hydrogen) atoms. The summed E-state index contributed by atoms with van der Waals surface area (Å²) >= 11 is 1.09. The van der Waals surface area contributed by atoms with Crippen molar-refractivity contribution in [2.75, 3.05) is 17.2 Å². The van der Waals surface area contributed by atoms with Crippen LogP contribution in [0.25, 0.3) is 0 Å². The van der Waals surface area contributed by atoms with Gasteiger partial charge in [-0.05, 0) is 38.3 Å². The number of para-hydroxylation sites is 1. The van der Waals surface area contributed by atoms with E-state index in [-0.39, 0.29) is 30.8 Å². The maximum absolute atomic E-state index is 12.2. The normalized spacial score (nSPS) is 15.6. The molecule has 7 nitrogen and oxygen atoms in total. The van der Waals surface area contributed by atoms with Gasteiger partial charge in [0, 0.05) is 18.0 Å². The predicted molar refractivity (Wildman–Crippen MR) is 103 cm³/mol. The number of aromatic nitrogens is 1. The molecule has 0 fully saturated rings. The first-order valence-electron chi connectivity index (χ1n) is 8.81. The van der Waals surface area contributed by atoms with Gasteiger partial charge in [0.25, 0.3) is 0 Å². The average Bonchev–Trinajstić information content (AvgIpc) is 3.00. The van der Waals surface area contributed by atoms with E-state index in [2.05, 4.69) is 15.6 Å². The quantitative estimate of drug-likeness (QED) is 0.742. The average molecular weight is 387 g/mol. The molecule has 0 bridgehead atoms. The Morgan fingerprint density at radius 3 is 2.93 bits per heavy atom. The molecule has 1 atom stereocenters. The highest BCUT2D eigenvalue weighted by Crippen LogP contribution is 2.28. The molecule has 0 saturated heterocycles. The fourth-order valence-electron chi connectivity index (χ4n) is 2.97. The summed E-state index contributed by atoms with van der Waals surface area (Å²) in [6, 6.07) is 7.68. The molecule has 3 rings (SSSR count). The molecular formula is C19H21N3O4S. The number of aryl methyl sites for hydroxylation is 1. The molecule has 2 amide bonds. The fourth-order valence-corrected chi connectivity index (χ4v) is 3.85. The van der Waals surface area contributed by atoms with Crippen LogP contribution in [-0.2, 0) is 20.7 Å². The van der Waals surface area contributed by atoms with Crippen LogP contribution < -0.4 is 10.6 Å². The van der Waals surface area contributed by atoms with Crippen LogP contribution in [-0.4, -0.2) is 29.4 Å². The zero-order valence-electron chi connectivity index (χ0n) is 15.2. The lowest BCUT2D eigenvalue weighted by Crippen LogP contribution is -2.30. The third-order valence-electron chi connectivity index (χ3n) is 4.34. The summed E-state index contributed by atoms with van der Waals surface area (Å²) in [6.45, 7) is 3.71. The van der Waals surface area contributed by atoms with Crippen molar-refractivity contribution >= 4 is 39.9 Å². The van der Waals surface area contributed by atoms with E-state index in [1.165, 1.54) is 0 Å². The number of benzene rings is 1. The second-order valence-corrected chi connectivity index (χ2v) is 7.29. The summed E-state index contributed by atoms with van der Waals surface area (Å²) in [4.78, 5) is 40.8. The monoisotopic (exact) mass is 387 g/mol. The molecule has 1 aliphatic heterocycles. The molecule has 8 heteroatoms. The Morgan fingerprint density at radius 2 is 2.15 bits per heavy atom. The number of amides is 2. The lowest BCUT2D eigenvalue weighted by atomic mass is 9.89. The minimum atomic E-state index is -0.439. The van der Waals surface area contributed by atoms with Gasteiger partial charge in [-0.3, -0.25) is 9.59 Å². The molecule has 1 aliphatic rings. The molecule has 0 aliphatic carbocycles. The zero-order valence-corrected chi connectivity index (χ0v) is 16.0. The number of ether oxygens (including phenoxy) is 1. The third kappa shape index (κ3) is 4.51. The van der Waals surface area contributed by atoms with E-state index in [1.807, 2.05) is 24.3 Å². The highest BCUT2D eigenvalue weighted by atomic mass is 32.1. The van der Waals surface area contributed by atoms with Gasteiger partial charge in [0.1, 0.15) is 4.88 Å². The Labute approximate surface area is 161 Å². The first-order chi connectivity index (χ1) is 13.0. The number of carbonyl (C=O) groups excluding carboxylic acids is 3. The van der Waals surface area contributed by atoms with Gasteiger partial charge >= 0.3 is 5.97 Å². The molecule has 0 spiro atoms. The highest BCUT2D eigenvalue weighted by Gasteiger charge is 2.26. The smallest absolute Gasteiger partial charge is 0.350 e. The molecular weight excluding hydrogens is 366 g/mol. The van der Waals surface area contributed by atoms with Gasteiger partial charge in [-0.2, -0.15) is 0 Å². The predicted octanol–water partition coefficient (Wildman–Crippen LogP) is 3.16. The number of nitrogens with zero attached hydrogens (tertiary/aromatic N) is 1. The molecule has 142 valence electrons. The molecule has 2 heterocycles. The van der Waals surface area contributed by atoms with E-state index >= 15 is 0 Å². The van der Waals surface area contributed by atoms with Crippen LogP contribution in [0.5, 0.6) is 0 Å². The minimum Gasteiger partial charge on any atom is -0.462 e. The first-order valence-corrected chi connectivity index (χ1v) is 9.62. The molecule has 1 unspecified atom stereocenters. The van der Waals surface area contributed by atoms with E-state index in [0.29, 0.717) is 28.5 Å². The van der Waals surface area contributed by atoms with Crippen molar-refractivity contribution in [3.05, 3.63) is 40.4 Å². The van der Waals surface area contributed by atoms with E-state index in [1.54, 1.807) is 13.8 Å². The number of nitrogens with one attached hydrogen (secondary N) is 2. The van der Waals surface area contributed by atoms with Gasteiger partial charge in [0.05, 0.1) is 12.3 Å². The van der Waals surface area contributed by atoms with Crippen LogP contribution in [0.4, 0.5) is 10.8 Å². The van der Waals surface area contributed by atoms with Crippen LogP contribution in [0.3, 0.4) is 0 Å². The Balaban J connectivity index is 1.55. The standard InChI is InChI=1S/C19H21N3O4S/c1-3-26-18(25)16-11(2)20-19(27-16)22-15(23)9-8-13-10-12-6-4-5-7-14(12)21-17(13)24/h4-7,13H,3,8-10H2,1-2H3,(H,21,24)(H,20,22,23). The second kappa shape index (κ2) is 8.30. The van der Waals surface area contributed by atoms with Crippen molar-refractivity contribution in [1.29, 1.82) is 0 Å². The van der Waals surface area contributed by atoms with Crippen LogP contribution in [0, 0.1) is 12.8 Å². The van der Waals surface area contributed by atoms with Crippen molar-refractivity contribution in [2.24, 2.45) is 5.92 Å². The van der Waals surface area contributed by atoms with Gasteiger partial charge in [0.2, 0.25) is 11.8 Å². The van der Waals surface area contributed by atoms with Crippen molar-refractivity contribution in [3.63, 3.8) is 0 Å². The SMILES string of the molecule is CCOC(=O)c1sc(NC(=O)CCC2Cc3ccccc3NC2=O)nc1C. The highest BCUT2D eigenvalue weighted by molar-refractivity contribution is 7.17. The van der Waals surface area contributed by atoms with E-state index in [0.717, 1.165) is 22.6 Å². The van der Waals surface area contributed by atoms with Gasteiger partial charge in [0.15, 0.2) is 5.13 Å². The zero-order chi connectivity index (χ0) is 19.4. The largest absolute Gasteiger partial charge is 0.462 e. The van der Waals surface area contributed by atoms with Crippen LogP contribution in [0.15, 0.2) is 24.3 Å². The number of hydrogen-bond donors (Lipinski definition) is 2. The van der Waals surface area contributed by atoms with Crippen molar-refractivity contribution in [1.82, 2.24) is 4.98 Å². The molecule has 2 aromatic rings. The number of thiazole rings is 1. The van der Waals surface area contributed by atoms with Gasteiger partial charge in [-0.1, -0.05) is 29.5 Å². The fraction of sp³-hybridized carbons (Fsp3) is 0.368. The second-order valence-electron chi connectivity index (χ2n) is 6.29. The molecule has 1 aromatic carbocycles. The van der Waals surface area contributed by atoms with Gasteiger partial charge < -0.3 is 15.4 Å². The topological polar surface area (TPSA) is 97.4 Å². The Kier molecular flexibility index (Phi) is 5.85. The van der Waals surface area contributed by atoms with E-state index in [4.69, 9.17) is 4.74 Å². The molecule has 2 N–H and O–H groups in total. The number of fused-ring (bicyclic) bond motifs is 1. The molecule has 0 radical (unpaired) electrons. The number of anilines is 2. The Bertz CT molecular complexity index is 878. The summed E-state index contributed by atoms with van der Waals surface area (Å²) < 4.78 is 4.97. The summed E-state index contributed by atoms with van der Waals surface area (Å²) in [5.41, 5.74) is 2.45. The number of carbonyl (C=O) groups is 3. The lowest BCUT2D eigenvalue weighted by Gasteiger charge is -2.24. The van der Waals surface area contributed by atoms with Crippen LogP contribution in [0.2, 0.25) is 0 Å². The summed E-state index contributed by atoms with van der Waals surface area (Å²) in [5.74, 6) is -0.966. The van der Waals surface area contributed by atoms with Crippen molar-refractivity contribution in [3.8, 4) is 0 Å².